The third kappa shape index (κ3) is 2.65. The molecular weight excluding hydrogens is 328 g/mol. The molecule has 6 heteroatoms. The number of para-hydroxylation sites is 1. The zero-order valence-electron chi connectivity index (χ0n) is 14.6. The van der Waals surface area contributed by atoms with E-state index in [4.69, 9.17) is 0 Å². The molecule has 1 amide bonds. The van der Waals surface area contributed by atoms with E-state index in [1.54, 1.807) is 29.4 Å². The van der Waals surface area contributed by atoms with Crippen LogP contribution >= 0.6 is 0 Å². The van der Waals surface area contributed by atoms with Gasteiger partial charge in [-0.05, 0) is 29.8 Å². The van der Waals surface area contributed by atoms with Gasteiger partial charge in [-0.3, -0.25) is 18.9 Å². The Balaban J connectivity index is 1.61. The van der Waals surface area contributed by atoms with Crippen LogP contribution in [0.5, 0.6) is 0 Å². The summed E-state index contributed by atoms with van der Waals surface area (Å²) in [5, 5.41) is 3.92. The zero-order valence-corrected chi connectivity index (χ0v) is 14.6. The van der Waals surface area contributed by atoms with Crippen LogP contribution in [-0.4, -0.2) is 20.0 Å². The van der Waals surface area contributed by atoms with Crippen LogP contribution in [0.25, 0.3) is 21.9 Å². The quantitative estimate of drug-likeness (QED) is 0.620. The lowest BCUT2D eigenvalue weighted by Gasteiger charge is -2.08. The Bertz CT molecular complexity index is 1200. The van der Waals surface area contributed by atoms with E-state index in [0.717, 1.165) is 27.5 Å². The summed E-state index contributed by atoms with van der Waals surface area (Å²) in [5.41, 5.74) is 3.90. The summed E-state index contributed by atoms with van der Waals surface area (Å²) >= 11 is 0. The van der Waals surface area contributed by atoms with Gasteiger partial charge in [0.25, 0.3) is 0 Å². The van der Waals surface area contributed by atoms with Crippen LogP contribution in [0.1, 0.15) is 5.56 Å². The number of nitrogens with one attached hydrogen (secondary N) is 1. The molecule has 0 aliphatic rings. The predicted octanol–water partition coefficient (Wildman–Crippen LogP) is 2.61. The molecule has 0 aliphatic heterocycles. The van der Waals surface area contributed by atoms with Crippen LogP contribution in [0.4, 0.5) is 5.69 Å². The molecule has 0 aliphatic carbocycles. The monoisotopic (exact) mass is 346 g/mol. The third-order valence-electron chi connectivity index (χ3n) is 4.61. The predicted molar refractivity (Wildman–Crippen MR) is 102 cm³/mol. The van der Waals surface area contributed by atoms with Crippen molar-refractivity contribution in [1.82, 2.24) is 14.1 Å². The molecule has 0 bridgehead atoms. The first kappa shape index (κ1) is 16.1. The first-order chi connectivity index (χ1) is 12.5. The lowest BCUT2D eigenvalue weighted by atomic mass is 10.1. The zero-order chi connectivity index (χ0) is 18.3. The number of carbonyl (C=O) groups excluding carboxylic acids is 1. The van der Waals surface area contributed by atoms with E-state index in [-0.39, 0.29) is 18.0 Å². The number of amides is 1. The second kappa shape index (κ2) is 6.15. The maximum absolute atomic E-state index is 12.5. The minimum absolute atomic E-state index is 0.0802. The van der Waals surface area contributed by atoms with Gasteiger partial charge in [0.2, 0.25) is 5.91 Å². The van der Waals surface area contributed by atoms with Crippen LogP contribution in [0.2, 0.25) is 0 Å². The summed E-state index contributed by atoms with van der Waals surface area (Å²) in [7, 11) is 3.47. The Morgan fingerprint density at radius 2 is 1.81 bits per heavy atom. The Kier molecular flexibility index (Phi) is 3.80. The Hall–Kier alpha value is -3.41. The highest BCUT2D eigenvalue weighted by Gasteiger charge is 2.11. The standard InChI is InChI=1S/C20H18N4O2/c1-23-16-9-8-13(11-17(16)24(2)20(23)26)12-18(25)22-15-7-3-5-14-6-4-10-21-19(14)15/h3-11H,12H2,1-2H3,(H,22,25). The van der Waals surface area contributed by atoms with Gasteiger partial charge in [-0.2, -0.15) is 0 Å². The number of imidazole rings is 1. The van der Waals surface area contributed by atoms with E-state index in [1.807, 2.05) is 48.5 Å². The fraction of sp³-hybridized carbons (Fsp3) is 0.150. The first-order valence-electron chi connectivity index (χ1n) is 8.32. The van der Waals surface area contributed by atoms with Gasteiger partial charge in [0.1, 0.15) is 0 Å². The van der Waals surface area contributed by atoms with E-state index < -0.39 is 0 Å². The van der Waals surface area contributed by atoms with Crippen molar-refractivity contribution in [2.45, 2.75) is 6.42 Å². The number of aromatic nitrogens is 3. The van der Waals surface area contributed by atoms with Crippen molar-refractivity contribution in [3.8, 4) is 0 Å². The maximum Gasteiger partial charge on any atom is 0.328 e. The number of aryl methyl sites for hydroxylation is 2. The van der Waals surface area contributed by atoms with Crippen molar-refractivity contribution >= 4 is 33.5 Å². The molecule has 4 aromatic rings. The first-order valence-corrected chi connectivity index (χ1v) is 8.32. The van der Waals surface area contributed by atoms with E-state index in [9.17, 15) is 9.59 Å². The molecule has 1 N–H and O–H groups in total. The van der Waals surface area contributed by atoms with Crippen molar-refractivity contribution < 1.29 is 4.79 Å². The summed E-state index contributed by atoms with van der Waals surface area (Å²) < 4.78 is 3.19. The highest BCUT2D eigenvalue weighted by atomic mass is 16.2. The van der Waals surface area contributed by atoms with Gasteiger partial charge < -0.3 is 5.32 Å². The van der Waals surface area contributed by atoms with Gasteiger partial charge in [-0.1, -0.05) is 24.3 Å². The number of pyridine rings is 1. The van der Waals surface area contributed by atoms with Crippen LogP contribution in [0, 0.1) is 0 Å². The fourth-order valence-corrected chi connectivity index (χ4v) is 3.25. The van der Waals surface area contributed by atoms with Gasteiger partial charge in [0, 0.05) is 25.7 Å². The van der Waals surface area contributed by atoms with Gasteiger partial charge in [-0.15, -0.1) is 0 Å². The van der Waals surface area contributed by atoms with Gasteiger partial charge in [-0.25, -0.2) is 4.79 Å². The van der Waals surface area contributed by atoms with E-state index in [0.29, 0.717) is 5.69 Å². The van der Waals surface area contributed by atoms with Gasteiger partial charge in [0.05, 0.1) is 28.7 Å². The molecule has 2 aromatic heterocycles. The molecule has 0 saturated heterocycles. The van der Waals surface area contributed by atoms with Crippen LogP contribution in [0.15, 0.2) is 59.5 Å². The minimum Gasteiger partial charge on any atom is -0.324 e. The molecule has 26 heavy (non-hydrogen) atoms. The lowest BCUT2D eigenvalue weighted by molar-refractivity contribution is -0.115. The summed E-state index contributed by atoms with van der Waals surface area (Å²) in [6.07, 6.45) is 1.93. The average molecular weight is 346 g/mol. The highest BCUT2D eigenvalue weighted by Crippen LogP contribution is 2.21. The molecule has 0 spiro atoms. The second-order valence-corrected chi connectivity index (χ2v) is 6.33. The largest absolute Gasteiger partial charge is 0.328 e. The van der Waals surface area contributed by atoms with E-state index in [2.05, 4.69) is 10.3 Å². The molecule has 0 fully saturated rings. The van der Waals surface area contributed by atoms with Gasteiger partial charge in [0.15, 0.2) is 0 Å². The minimum atomic E-state index is -0.122. The molecule has 0 radical (unpaired) electrons. The smallest absolute Gasteiger partial charge is 0.324 e. The molecule has 2 aromatic carbocycles. The molecule has 0 atom stereocenters. The lowest BCUT2D eigenvalue weighted by Crippen LogP contribution is -2.19. The molecular formula is C20H18N4O2. The summed E-state index contributed by atoms with van der Waals surface area (Å²) in [5.74, 6) is -0.122. The number of benzene rings is 2. The summed E-state index contributed by atoms with van der Waals surface area (Å²) in [6.45, 7) is 0. The highest BCUT2D eigenvalue weighted by molar-refractivity contribution is 6.01. The van der Waals surface area contributed by atoms with E-state index >= 15 is 0 Å². The number of anilines is 1. The summed E-state index contributed by atoms with van der Waals surface area (Å²) in [6, 6.07) is 15.2. The van der Waals surface area contributed by atoms with Crippen molar-refractivity contribution in [1.29, 1.82) is 0 Å². The second-order valence-electron chi connectivity index (χ2n) is 6.33. The topological polar surface area (TPSA) is 68.9 Å². The number of carbonyl (C=O) groups is 1. The number of hydrogen-bond donors (Lipinski definition) is 1. The van der Waals surface area contributed by atoms with E-state index in [1.165, 1.54) is 0 Å². The normalized spacial score (nSPS) is 11.2. The SMILES string of the molecule is Cn1c(=O)n(C)c2cc(CC(=O)Nc3cccc4cccnc34)ccc21. The number of nitrogens with zero attached hydrogens (tertiary/aromatic N) is 3. The van der Waals surface area contributed by atoms with Crippen LogP contribution in [-0.2, 0) is 25.3 Å². The Morgan fingerprint density at radius 3 is 2.65 bits per heavy atom. The molecule has 6 nitrogen and oxygen atoms in total. The number of fused-ring (bicyclic) bond motifs is 2. The van der Waals surface area contributed by atoms with Crippen molar-refractivity contribution in [2.75, 3.05) is 5.32 Å². The number of hydrogen-bond acceptors (Lipinski definition) is 3. The fourth-order valence-electron chi connectivity index (χ4n) is 3.25. The molecule has 130 valence electrons. The third-order valence-corrected chi connectivity index (χ3v) is 4.61. The Morgan fingerprint density at radius 1 is 1.04 bits per heavy atom. The molecule has 4 rings (SSSR count). The maximum atomic E-state index is 12.5. The van der Waals surface area contributed by atoms with Gasteiger partial charge >= 0.3 is 5.69 Å². The average Bonchev–Trinajstić information content (AvgIpc) is 2.86. The summed E-state index contributed by atoms with van der Waals surface area (Å²) in [4.78, 5) is 28.9. The Labute approximate surface area is 149 Å². The number of rotatable bonds is 3. The van der Waals surface area contributed by atoms with Crippen molar-refractivity contribution in [3.63, 3.8) is 0 Å². The molecule has 0 saturated carbocycles. The molecule has 2 heterocycles. The van der Waals surface area contributed by atoms with Crippen LogP contribution < -0.4 is 11.0 Å². The van der Waals surface area contributed by atoms with Crippen molar-refractivity contribution in [2.24, 2.45) is 14.1 Å². The molecule has 0 unspecified atom stereocenters. The van der Waals surface area contributed by atoms with Crippen LogP contribution in [0.3, 0.4) is 0 Å². The van der Waals surface area contributed by atoms with Crippen molar-refractivity contribution in [3.05, 3.63) is 70.8 Å².